The smallest absolute Gasteiger partial charge is 0.322 e. The largest absolute Gasteiger partial charge is 0.322 e. The summed E-state index contributed by atoms with van der Waals surface area (Å²) in [7, 11) is 0. The molecule has 24 heavy (non-hydrogen) atoms. The van der Waals surface area contributed by atoms with E-state index in [2.05, 4.69) is 10.2 Å². The lowest BCUT2D eigenvalue weighted by Crippen LogP contribution is -2.52. The summed E-state index contributed by atoms with van der Waals surface area (Å²) in [5, 5.41) is 3.79. The predicted octanol–water partition coefficient (Wildman–Crippen LogP) is 4.87. The van der Waals surface area contributed by atoms with E-state index in [1.54, 1.807) is 18.2 Å². The van der Waals surface area contributed by atoms with Gasteiger partial charge in [-0.15, -0.1) is 0 Å². The molecular weight excluding hydrogens is 345 g/mol. The SMILES string of the molecule is O=C(Nc1c(Cl)cccc1Cl)N1CCN(C2CCCCCC2)CC1. The van der Waals surface area contributed by atoms with Gasteiger partial charge in [-0.2, -0.15) is 0 Å². The third-order valence-corrected chi connectivity index (χ3v) is 5.77. The lowest BCUT2D eigenvalue weighted by Gasteiger charge is -2.39. The first kappa shape index (κ1) is 17.8. The quantitative estimate of drug-likeness (QED) is 0.755. The third kappa shape index (κ3) is 4.35. The first-order valence-electron chi connectivity index (χ1n) is 8.89. The fourth-order valence-corrected chi connectivity index (χ4v) is 4.21. The number of benzene rings is 1. The van der Waals surface area contributed by atoms with E-state index in [1.165, 1.54) is 38.5 Å². The van der Waals surface area contributed by atoms with Crippen LogP contribution in [0.25, 0.3) is 0 Å². The van der Waals surface area contributed by atoms with E-state index in [-0.39, 0.29) is 6.03 Å². The van der Waals surface area contributed by atoms with E-state index in [9.17, 15) is 4.79 Å². The summed E-state index contributed by atoms with van der Waals surface area (Å²) in [6.07, 6.45) is 8.05. The summed E-state index contributed by atoms with van der Waals surface area (Å²) in [6, 6.07) is 5.81. The zero-order valence-corrected chi connectivity index (χ0v) is 15.5. The molecule has 132 valence electrons. The number of urea groups is 1. The van der Waals surface area contributed by atoms with Crippen molar-refractivity contribution in [2.24, 2.45) is 0 Å². The van der Waals surface area contributed by atoms with Crippen molar-refractivity contribution < 1.29 is 4.79 Å². The van der Waals surface area contributed by atoms with Crippen LogP contribution in [0.15, 0.2) is 18.2 Å². The van der Waals surface area contributed by atoms with Crippen LogP contribution in [0.1, 0.15) is 38.5 Å². The van der Waals surface area contributed by atoms with Gasteiger partial charge in [0.15, 0.2) is 0 Å². The monoisotopic (exact) mass is 369 g/mol. The van der Waals surface area contributed by atoms with Gasteiger partial charge >= 0.3 is 6.03 Å². The summed E-state index contributed by atoms with van der Waals surface area (Å²) in [5.74, 6) is 0. The Labute approximate surface area is 154 Å². The molecule has 1 aliphatic heterocycles. The number of hydrogen-bond donors (Lipinski definition) is 1. The number of nitrogens with zero attached hydrogens (tertiary/aromatic N) is 2. The molecule has 2 fully saturated rings. The predicted molar refractivity (Wildman–Crippen MR) is 100 cm³/mol. The lowest BCUT2D eigenvalue weighted by atomic mass is 10.1. The van der Waals surface area contributed by atoms with Crippen molar-refractivity contribution >= 4 is 34.9 Å². The maximum Gasteiger partial charge on any atom is 0.322 e. The molecule has 1 saturated heterocycles. The maximum absolute atomic E-state index is 12.5. The van der Waals surface area contributed by atoms with Crippen LogP contribution in [-0.4, -0.2) is 48.1 Å². The van der Waals surface area contributed by atoms with Crippen molar-refractivity contribution in [3.05, 3.63) is 28.2 Å². The first-order chi connectivity index (χ1) is 11.6. The van der Waals surface area contributed by atoms with Crippen LogP contribution in [0.3, 0.4) is 0 Å². The minimum atomic E-state index is -0.120. The summed E-state index contributed by atoms with van der Waals surface area (Å²) in [4.78, 5) is 16.9. The molecule has 0 unspecified atom stereocenters. The molecule has 1 aromatic rings. The number of amides is 2. The van der Waals surface area contributed by atoms with E-state index < -0.39 is 0 Å². The average molecular weight is 370 g/mol. The lowest BCUT2D eigenvalue weighted by molar-refractivity contribution is 0.105. The van der Waals surface area contributed by atoms with E-state index in [4.69, 9.17) is 23.2 Å². The molecule has 1 heterocycles. The van der Waals surface area contributed by atoms with Gasteiger partial charge in [-0.3, -0.25) is 4.90 Å². The van der Waals surface area contributed by atoms with Gasteiger partial charge in [0.2, 0.25) is 0 Å². The van der Waals surface area contributed by atoms with Gasteiger partial charge in [-0.25, -0.2) is 4.79 Å². The number of carbonyl (C=O) groups is 1. The van der Waals surface area contributed by atoms with Crippen LogP contribution in [0.2, 0.25) is 10.0 Å². The highest BCUT2D eigenvalue weighted by Crippen LogP contribution is 2.30. The molecule has 1 saturated carbocycles. The second kappa shape index (κ2) is 8.41. The Kier molecular flexibility index (Phi) is 6.25. The molecule has 3 rings (SSSR count). The normalized spacial score (nSPS) is 20.7. The van der Waals surface area contributed by atoms with E-state index in [1.807, 2.05) is 4.90 Å². The molecular formula is C18H25Cl2N3O. The Hall–Kier alpha value is -0.970. The van der Waals surface area contributed by atoms with Crippen LogP contribution in [0.4, 0.5) is 10.5 Å². The molecule has 0 atom stereocenters. The van der Waals surface area contributed by atoms with E-state index in [0.29, 0.717) is 21.8 Å². The van der Waals surface area contributed by atoms with E-state index >= 15 is 0 Å². The number of rotatable bonds is 2. The molecule has 6 heteroatoms. The zero-order valence-electron chi connectivity index (χ0n) is 13.9. The molecule has 4 nitrogen and oxygen atoms in total. The minimum absolute atomic E-state index is 0.120. The van der Waals surface area contributed by atoms with Gasteiger partial charge in [-0.05, 0) is 25.0 Å². The van der Waals surface area contributed by atoms with Gasteiger partial charge in [0.1, 0.15) is 0 Å². The Balaban J connectivity index is 1.53. The molecule has 1 N–H and O–H groups in total. The van der Waals surface area contributed by atoms with Crippen molar-refractivity contribution in [2.45, 2.75) is 44.6 Å². The van der Waals surface area contributed by atoms with Gasteiger partial charge in [0.05, 0.1) is 15.7 Å². The van der Waals surface area contributed by atoms with Crippen LogP contribution >= 0.6 is 23.2 Å². The second-order valence-electron chi connectivity index (χ2n) is 6.70. The highest BCUT2D eigenvalue weighted by Gasteiger charge is 2.27. The van der Waals surface area contributed by atoms with Crippen molar-refractivity contribution in [1.29, 1.82) is 0 Å². The van der Waals surface area contributed by atoms with Crippen LogP contribution in [0.5, 0.6) is 0 Å². The van der Waals surface area contributed by atoms with Crippen molar-refractivity contribution in [1.82, 2.24) is 9.80 Å². The van der Waals surface area contributed by atoms with Gasteiger partial charge < -0.3 is 10.2 Å². The Morgan fingerprint density at radius 2 is 1.54 bits per heavy atom. The second-order valence-corrected chi connectivity index (χ2v) is 7.51. The number of hydrogen-bond acceptors (Lipinski definition) is 2. The van der Waals surface area contributed by atoms with Crippen LogP contribution in [-0.2, 0) is 0 Å². The highest BCUT2D eigenvalue weighted by atomic mass is 35.5. The molecule has 0 radical (unpaired) electrons. The number of carbonyl (C=O) groups excluding carboxylic acids is 1. The number of anilines is 1. The van der Waals surface area contributed by atoms with Crippen molar-refractivity contribution in [2.75, 3.05) is 31.5 Å². The summed E-state index contributed by atoms with van der Waals surface area (Å²) < 4.78 is 0. The highest BCUT2D eigenvalue weighted by molar-refractivity contribution is 6.39. The number of nitrogens with one attached hydrogen (secondary N) is 1. The maximum atomic E-state index is 12.5. The molecule has 1 aliphatic carbocycles. The van der Waals surface area contributed by atoms with Crippen LogP contribution < -0.4 is 5.32 Å². The number of para-hydroxylation sites is 1. The molecule has 1 aromatic carbocycles. The summed E-state index contributed by atoms with van der Waals surface area (Å²) >= 11 is 12.3. The Bertz CT molecular complexity index is 545. The number of piperazine rings is 1. The number of halogens is 2. The Morgan fingerprint density at radius 1 is 0.958 bits per heavy atom. The van der Waals surface area contributed by atoms with Crippen molar-refractivity contribution in [3.63, 3.8) is 0 Å². The Morgan fingerprint density at radius 3 is 2.12 bits per heavy atom. The fourth-order valence-electron chi connectivity index (χ4n) is 3.72. The topological polar surface area (TPSA) is 35.6 Å². The molecule has 0 bridgehead atoms. The minimum Gasteiger partial charge on any atom is -0.322 e. The van der Waals surface area contributed by atoms with Gasteiger partial charge in [0.25, 0.3) is 0 Å². The average Bonchev–Trinajstić information content (AvgIpc) is 2.88. The van der Waals surface area contributed by atoms with Gasteiger partial charge in [-0.1, -0.05) is 55.0 Å². The summed E-state index contributed by atoms with van der Waals surface area (Å²) in [5.41, 5.74) is 0.497. The van der Waals surface area contributed by atoms with Gasteiger partial charge in [0, 0.05) is 32.2 Å². The summed E-state index contributed by atoms with van der Waals surface area (Å²) in [6.45, 7) is 3.41. The van der Waals surface area contributed by atoms with Crippen LogP contribution in [0, 0.1) is 0 Å². The zero-order chi connectivity index (χ0) is 16.9. The molecule has 2 amide bonds. The first-order valence-corrected chi connectivity index (χ1v) is 9.65. The molecule has 0 spiro atoms. The molecule has 2 aliphatic rings. The third-order valence-electron chi connectivity index (χ3n) is 5.14. The van der Waals surface area contributed by atoms with E-state index in [0.717, 1.165) is 26.2 Å². The fraction of sp³-hybridized carbons (Fsp3) is 0.611. The van der Waals surface area contributed by atoms with Crippen molar-refractivity contribution in [3.8, 4) is 0 Å². The molecule has 0 aromatic heterocycles. The standard InChI is InChI=1S/C18H25Cl2N3O/c19-15-8-5-9-16(20)17(15)21-18(24)23-12-10-22(11-13-23)14-6-3-1-2-4-7-14/h5,8-9,14H,1-4,6-7,10-13H2,(H,21,24).